The average Bonchev–Trinajstić information content (AvgIpc) is 2.76. The summed E-state index contributed by atoms with van der Waals surface area (Å²) in [5.74, 6) is 0.242. The average molecular weight is 339 g/mol. The van der Waals surface area contributed by atoms with Crippen molar-refractivity contribution in [3.63, 3.8) is 0 Å². The van der Waals surface area contributed by atoms with Gasteiger partial charge < -0.3 is 14.6 Å². The summed E-state index contributed by atoms with van der Waals surface area (Å²) in [6.45, 7) is 3.14. The fraction of sp³-hybridized carbons (Fsp3) is 0.333. The lowest BCUT2D eigenvalue weighted by atomic mass is 10.1. The highest BCUT2D eigenvalue weighted by Crippen LogP contribution is 2.36. The summed E-state index contributed by atoms with van der Waals surface area (Å²) >= 11 is 6.43. The molecule has 0 radical (unpaired) electrons. The maximum atomic E-state index is 12.3. The van der Waals surface area contributed by atoms with E-state index in [4.69, 9.17) is 21.7 Å². The summed E-state index contributed by atoms with van der Waals surface area (Å²) in [4.78, 5) is 14.3. The molecule has 118 valence electrons. The zero-order valence-corrected chi connectivity index (χ0v) is 14.0. The van der Waals surface area contributed by atoms with E-state index in [-0.39, 0.29) is 11.7 Å². The van der Waals surface area contributed by atoms with Crippen molar-refractivity contribution in [2.45, 2.75) is 6.92 Å². The number of methoxy groups -OCH3 is 1. The van der Waals surface area contributed by atoms with Gasteiger partial charge in [-0.15, -0.1) is 0 Å². The van der Waals surface area contributed by atoms with Crippen LogP contribution in [0.25, 0.3) is 6.08 Å². The zero-order valence-electron chi connectivity index (χ0n) is 12.4. The van der Waals surface area contributed by atoms with Gasteiger partial charge in [0, 0.05) is 12.7 Å². The Morgan fingerprint density at radius 1 is 1.45 bits per heavy atom. The van der Waals surface area contributed by atoms with Crippen molar-refractivity contribution in [1.82, 2.24) is 4.90 Å². The summed E-state index contributed by atoms with van der Waals surface area (Å²) in [6.07, 6.45) is 1.63. The Morgan fingerprint density at radius 3 is 2.91 bits per heavy atom. The summed E-state index contributed by atoms with van der Waals surface area (Å²) in [5.41, 5.74) is 0.526. The summed E-state index contributed by atoms with van der Waals surface area (Å²) in [6, 6.07) is 5.17. The van der Waals surface area contributed by atoms with Crippen LogP contribution in [-0.2, 0) is 9.53 Å². The molecular formula is C15H17NO4S2. The molecule has 22 heavy (non-hydrogen) atoms. The minimum absolute atomic E-state index is 0.0199. The number of para-hydroxylation sites is 1. The molecule has 1 heterocycles. The summed E-state index contributed by atoms with van der Waals surface area (Å²) in [5, 5.41) is 10.2. The lowest BCUT2D eigenvalue weighted by Crippen LogP contribution is -2.31. The number of amides is 1. The summed E-state index contributed by atoms with van der Waals surface area (Å²) in [7, 11) is 1.57. The van der Waals surface area contributed by atoms with Gasteiger partial charge in [-0.2, -0.15) is 0 Å². The molecule has 2 rings (SSSR count). The van der Waals surface area contributed by atoms with Crippen molar-refractivity contribution in [2.24, 2.45) is 0 Å². The van der Waals surface area contributed by atoms with Crippen LogP contribution < -0.4 is 4.74 Å². The molecule has 0 aliphatic carbocycles. The van der Waals surface area contributed by atoms with E-state index in [0.717, 1.165) is 0 Å². The lowest BCUT2D eigenvalue weighted by molar-refractivity contribution is -0.122. The van der Waals surface area contributed by atoms with Crippen LogP contribution in [0.15, 0.2) is 23.1 Å². The van der Waals surface area contributed by atoms with Crippen LogP contribution in [0.5, 0.6) is 11.5 Å². The maximum absolute atomic E-state index is 12.3. The van der Waals surface area contributed by atoms with E-state index in [2.05, 4.69) is 0 Å². The van der Waals surface area contributed by atoms with Crippen molar-refractivity contribution in [3.05, 3.63) is 28.7 Å². The highest BCUT2D eigenvalue weighted by atomic mass is 32.2. The Kier molecular flexibility index (Phi) is 5.82. The van der Waals surface area contributed by atoms with Crippen LogP contribution in [0.2, 0.25) is 0 Å². The number of thiocarbonyl (C=S) groups is 1. The van der Waals surface area contributed by atoms with Crippen LogP contribution in [-0.4, -0.2) is 47.1 Å². The largest absolute Gasteiger partial charge is 0.504 e. The maximum Gasteiger partial charge on any atom is 0.266 e. The number of hydrogen-bond acceptors (Lipinski definition) is 6. The number of benzene rings is 1. The predicted molar refractivity (Wildman–Crippen MR) is 91.0 cm³/mol. The Morgan fingerprint density at radius 2 is 2.23 bits per heavy atom. The van der Waals surface area contributed by atoms with Crippen molar-refractivity contribution >= 4 is 40.3 Å². The van der Waals surface area contributed by atoms with Crippen molar-refractivity contribution in [3.8, 4) is 11.5 Å². The Hall–Kier alpha value is -1.57. The highest BCUT2D eigenvalue weighted by Gasteiger charge is 2.31. The van der Waals surface area contributed by atoms with E-state index in [1.807, 2.05) is 6.92 Å². The van der Waals surface area contributed by atoms with E-state index in [0.29, 0.717) is 40.3 Å². The van der Waals surface area contributed by atoms with Crippen LogP contribution in [0.3, 0.4) is 0 Å². The van der Waals surface area contributed by atoms with Gasteiger partial charge in [-0.25, -0.2) is 0 Å². The number of rotatable bonds is 6. The second kappa shape index (κ2) is 7.62. The number of nitrogens with zero attached hydrogens (tertiary/aromatic N) is 1. The van der Waals surface area contributed by atoms with Gasteiger partial charge in [-0.1, -0.05) is 36.1 Å². The Bertz CT molecular complexity index is 616. The van der Waals surface area contributed by atoms with Crippen molar-refractivity contribution in [2.75, 3.05) is 26.9 Å². The van der Waals surface area contributed by atoms with Crippen molar-refractivity contribution in [1.29, 1.82) is 0 Å². The summed E-state index contributed by atoms with van der Waals surface area (Å²) < 4.78 is 10.8. The minimum atomic E-state index is -0.173. The fourth-order valence-electron chi connectivity index (χ4n) is 1.94. The van der Waals surface area contributed by atoms with Crippen LogP contribution in [0.4, 0.5) is 0 Å². The molecule has 7 heteroatoms. The van der Waals surface area contributed by atoms with Gasteiger partial charge in [-0.05, 0) is 19.1 Å². The van der Waals surface area contributed by atoms with E-state index >= 15 is 0 Å². The van der Waals surface area contributed by atoms with E-state index in [1.54, 1.807) is 31.4 Å². The normalized spacial score (nSPS) is 16.6. The molecule has 1 aromatic carbocycles. The standard InChI is InChI=1S/C15H17NO4S2/c1-3-20-11-6-4-5-10(13(11)17)9-12-14(18)16(7-8-19-2)15(21)22-12/h4-6,9,17H,3,7-8H2,1-2H3. The number of phenols is 1. The van der Waals surface area contributed by atoms with Gasteiger partial charge in [-0.3, -0.25) is 9.69 Å². The van der Waals surface area contributed by atoms with E-state index < -0.39 is 0 Å². The SMILES string of the molecule is CCOc1cccc(C=C2SC(=S)N(CCOC)C2=O)c1O. The monoisotopic (exact) mass is 339 g/mol. The number of carbonyl (C=O) groups is 1. The number of phenolic OH excluding ortho intramolecular Hbond substituents is 1. The van der Waals surface area contributed by atoms with Gasteiger partial charge in [0.15, 0.2) is 11.5 Å². The molecule has 1 saturated heterocycles. The number of ether oxygens (including phenoxy) is 2. The number of hydrogen-bond donors (Lipinski definition) is 1. The molecule has 0 aromatic heterocycles. The van der Waals surface area contributed by atoms with E-state index in [1.165, 1.54) is 16.7 Å². The molecule has 0 bridgehead atoms. The molecule has 1 aliphatic heterocycles. The quantitative estimate of drug-likeness (QED) is 0.635. The van der Waals surface area contributed by atoms with Gasteiger partial charge in [0.2, 0.25) is 0 Å². The molecule has 1 aromatic rings. The molecule has 0 spiro atoms. The van der Waals surface area contributed by atoms with Crippen LogP contribution in [0.1, 0.15) is 12.5 Å². The minimum Gasteiger partial charge on any atom is -0.504 e. The number of thioether (sulfide) groups is 1. The molecular weight excluding hydrogens is 322 g/mol. The molecule has 0 saturated carbocycles. The fourth-order valence-corrected chi connectivity index (χ4v) is 3.24. The molecule has 0 unspecified atom stereocenters. The first-order chi connectivity index (χ1) is 10.6. The number of carbonyl (C=O) groups excluding carboxylic acids is 1. The first kappa shape index (κ1) is 16.8. The second-order valence-electron chi connectivity index (χ2n) is 4.45. The molecule has 1 fully saturated rings. The zero-order chi connectivity index (χ0) is 16.1. The lowest BCUT2D eigenvalue weighted by Gasteiger charge is -2.13. The Labute approximate surface area is 138 Å². The third-order valence-electron chi connectivity index (χ3n) is 3.01. The second-order valence-corrected chi connectivity index (χ2v) is 6.13. The molecule has 0 atom stereocenters. The first-order valence-corrected chi connectivity index (χ1v) is 8.00. The van der Waals surface area contributed by atoms with Gasteiger partial charge >= 0.3 is 0 Å². The Balaban J connectivity index is 2.25. The predicted octanol–water partition coefficient (Wildman–Crippen LogP) is 2.64. The third-order valence-corrected chi connectivity index (χ3v) is 4.39. The smallest absolute Gasteiger partial charge is 0.266 e. The highest BCUT2D eigenvalue weighted by molar-refractivity contribution is 8.26. The molecule has 1 N–H and O–H groups in total. The third kappa shape index (κ3) is 3.60. The number of aromatic hydroxyl groups is 1. The molecule has 1 amide bonds. The van der Waals surface area contributed by atoms with E-state index in [9.17, 15) is 9.90 Å². The van der Waals surface area contributed by atoms with Crippen molar-refractivity contribution < 1.29 is 19.4 Å². The van der Waals surface area contributed by atoms with Gasteiger partial charge in [0.1, 0.15) is 4.32 Å². The topological polar surface area (TPSA) is 59.0 Å². The first-order valence-electron chi connectivity index (χ1n) is 6.77. The van der Waals surface area contributed by atoms with Gasteiger partial charge in [0.05, 0.1) is 24.7 Å². The van der Waals surface area contributed by atoms with Crippen LogP contribution in [0, 0.1) is 0 Å². The van der Waals surface area contributed by atoms with Gasteiger partial charge in [0.25, 0.3) is 5.91 Å². The molecule has 5 nitrogen and oxygen atoms in total. The molecule has 1 aliphatic rings. The van der Waals surface area contributed by atoms with Crippen LogP contribution >= 0.6 is 24.0 Å².